The van der Waals surface area contributed by atoms with Crippen molar-refractivity contribution >= 4 is 41.5 Å². The fourth-order valence-corrected chi connectivity index (χ4v) is 6.59. The number of halogens is 1. The van der Waals surface area contributed by atoms with Crippen LogP contribution in [0, 0.1) is 0 Å². The second-order valence-corrected chi connectivity index (χ2v) is 12.9. The Morgan fingerprint density at radius 2 is 2.02 bits per heavy atom. The van der Waals surface area contributed by atoms with Gasteiger partial charge in [-0.15, -0.1) is 0 Å². The van der Waals surface area contributed by atoms with Gasteiger partial charge in [0.1, 0.15) is 24.0 Å². The molecule has 3 aromatic rings. The molecule has 16 heteroatoms. The van der Waals surface area contributed by atoms with Crippen LogP contribution in [-0.4, -0.2) is 73.8 Å². The summed E-state index contributed by atoms with van der Waals surface area (Å²) in [6, 6.07) is 7.75. The van der Waals surface area contributed by atoms with Gasteiger partial charge in [-0.2, -0.15) is 9.97 Å². The number of aliphatic hydroxyl groups excluding tert-OH is 1. The van der Waals surface area contributed by atoms with E-state index in [2.05, 4.69) is 20.0 Å². The Balaban J connectivity index is 1.56. The number of alkyl halides is 1. The Kier molecular flexibility index (Phi) is 9.46. The zero-order valence-corrected chi connectivity index (χ0v) is 25.0. The minimum Gasteiger partial charge on any atom is -0.476 e. The van der Waals surface area contributed by atoms with Crippen LogP contribution in [0.3, 0.4) is 0 Å². The molecule has 4 rings (SSSR count). The van der Waals surface area contributed by atoms with Crippen molar-refractivity contribution in [2.75, 3.05) is 18.9 Å². The molecule has 1 saturated heterocycles. The van der Waals surface area contributed by atoms with E-state index in [0.29, 0.717) is 12.4 Å². The number of benzene rings is 1. The standard InChI is InChI=1S/C25H34FN6O7PS/c1-6-35-21-18-20(29-24(27)30-21)32(13-28-18)23-25(5,26)19(33)17(38-23)12-36-40(41,39-16-10-8-7-9-11-16)31-15(4)22(34)37-14(2)3/h7-11,13-15,17,19,23,33H,6,12H2,1-5H3,(H,31,41)(H2,27,29,30)/t15?,17-,19-,23?,25-,40-/m1/s1. The molecule has 0 spiro atoms. The molecular weight excluding hydrogens is 578 g/mol. The zero-order chi connectivity index (χ0) is 29.9. The fourth-order valence-electron chi connectivity index (χ4n) is 4.17. The van der Waals surface area contributed by atoms with Crippen molar-refractivity contribution in [3.8, 4) is 11.6 Å². The van der Waals surface area contributed by atoms with Crippen LogP contribution in [-0.2, 0) is 30.6 Å². The van der Waals surface area contributed by atoms with Gasteiger partial charge < -0.3 is 34.1 Å². The van der Waals surface area contributed by atoms with Gasteiger partial charge >= 0.3 is 12.6 Å². The number of hydrogen-bond donors (Lipinski definition) is 3. The molecule has 1 fully saturated rings. The maximum absolute atomic E-state index is 16.1. The van der Waals surface area contributed by atoms with Crippen LogP contribution in [0.1, 0.15) is 40.8 Å². The highest BCUT2D eigenvalue weighted by Gasteiger charge is 2.56. The molecule has 4 N–H and O–H groups in total. The van der Waals surface area contributed by atoms with Gasteiger partial charge in [0, 0.05) is 0 Å². The number of rotatable bonds is 12. The summed E-state index contributed by atoms with van der Waals surface area (Å²) in [5, 5.41) is 13.9. The number of fused-ring (bicyclic) bond motifs is 1. The number of nitrogens with one attached hydrogen (secondary N) is 1. The number of esters is 1. The topological polar surface area (TPSA) is 165 Å². The second kappa shape index (κ2) is 12.5. The molecule has 13 nitrogen and oxygen atoms in total. The number of hydrogen-bond acceptors (Lipinski definition) is 12. The highest BCUT2D eigenvalue weighted by Crippen LogP contribution is 2.48. The van der Waals surface area contributed by atoms with Crippen LogP contribution in [0.5, 0.6) is 11.6 Å². The molecule has 1 aliphatic rings. The first-order valence-electron chi connectivity index (χ1n) is 13.0. The number of para-hydroxylation sites is 1. The second-order valence-electron chi connectivity index (χ2n) is 9.80. The van der Waals surface area contributed by atoms with Crippen LogP contribution in [0.2, 0.25) is 0 Å². The van der Waals surface area contributed by atoms with E-state index in [1.807, 2.05) is 0 Å². The van der Waals surface area contributed by atoms with E-state index in [4.69, 9.17) is 40.8 Å². The van der Waals surface area contributed by atoms with E-state index in [0.717, 1.165) is 0 Å². The predicted molar refractivity (Wildman–Crippen MR) is 151 cm³/mol. The molecule has 3 heterocycles. The minimum absolute atomic E-state index is 0.100. The third-order valence-electron chi connectivity index (χ3n) is 6.09. The van der Waals surface area contributed by atoms with Crippen molar-refractivity contribution in [3.63, 3.8) is 0 Å². The Hall–Kier alpha value is -2.94. The molecule has 2 aromatic heterocycles. The van der Waals surface area contributed by atoms with Crippen molar-refractivity contribution < 1.29 is 37.5 Å². The third kappa shape index (κ3) is 6.93. The monoisotopic (exact) mass is 612 g/mol. The number of aliphatic hydroxyl groups is 1. The molecule has 0 radical (unpaired) electrons. The molecule has 0 aliphatic carbocycles. The van der Waals surface area contributed by atoms with Gasteiger partial charge in [0.05, 0.1) is 25.6 Å². The van der Waals surface area contributed by atoms with Gasteiger partial charge in [0.25, 0.3) is 0 Å². The summed E-state index contributed by atoms with van der Waals surface area (Å²) in [5.74, 6) is -0.122. The predicted octanol–water partition coefficient (Wildman–Crippen LogP) is 3.04. The molecule has 6 atom stereocenters. The van der Waals surface area contributed by atoms with Crippen LogP contribution in [0.25, 0.3) is 11.2 Å². The summed E-state index contributed by atoms with van der Waals surface area (Å²) >= 11 is 5.71. The maximum Gasteiger partial charge on any atom is 0.323 e. The number of nitrogen functional groups attached to an aromatic ring is 1. The van der Waals surface area contributed by atoms with E-state index in [1.54, 1.807) is 58.0 Å². The highest BCUT2D eigenvalue weighted by atomic mass is 32.5. The Morgan fingerprint density at radius 1 is 1.32 bits per heavy atom. The summed E-state index contributed by atoms with van der Waals surface area (Å²) in [5.41, 5.74) is 3.96. The summed E-state index contributed by atoms with van der Waals surface area (Å²) in [4.78, 5) is 25.0. The molecule has 0 amide bonds. The fraction of sp³-hybridized carbons (Fsp3) is 0.520. The first kappa shape index (κ1) is 31.0. The Morgan fingerprint density at radius 3 is 2.68 bits per heavy atom. The van der Waals surface area contributed by atoms with E-state index >= 15 is 4.39 Å². The van der Waals surface area contributed by atoms with Crippen molar-refractivity contribution in [2.45, 2.75) is 70.9 Å². The average molecular weight is 613 g/mol. The van der Waals surface area contributed by atoms with E-state index < -0.39 is 42.8 Å². The van der Waals surface area contributed by atoms with Crippen molar-refractivity contribution in [3.05, 3.63) is 36.7 Å². The lowest BCUT2D eigenvalue weighted by atomic mass is 9.98. The Bertz CT molecular complexity index is 1410. The number of anilines is 1. The summed E-state index contributed by atoms with van der Waals surface area (Å²) in [7, 11) is 0. The van der Waals surface area contributed by atoms with Crippen LogP contribution < -0.4 is 20.1 Å². The van der Waals surface area contributed by atoms with Gasteiger partial charge in [-0.1, -0.05) is 18.2 Å². The smallest absolute Gasteiger partial charge is 0.323 e. The van der Waals surface area contributed by atoms with E-state index in [9.17, 15) is 9.90 Å². The van der Waals surface area contributed by atoms with E-state index in [-0.39, 0.29) is 35.7 Å². The number of imidazole rings is 1. The normalized spacial score (nSPS) is 24.7. The first-order valence-corrected chi connectivity index (χ1v) is 15.6. The summed E-state index contributed by atoms with van der Waals surface area (Å²) < 4.78 is 46.0. The highest BCUT2D eigenvalue weighted by molar-refractivity contribution is 8.09. The van der Waals surface area contributed by atoms with Crippen molar-refractivity contribution in [2.24, 2.45) is 0 Å². The number of ether oxygens (including phenoxy) is 3. The largest absolute Gasteiger partial charge is 0.476 e. The molecular formula is C25H34FN6O7PS. The minimum atomic E-state index is -3.46. The molecule has 1 aliphatic heterocycles. The van der Waals surface area contributed by atoms with Gasteiger partial charge in [-0.25, -0.2) is 14.5 Å². The van der Waals surface area contributed by atoms with Crippen molar-refractivity contribution in [1.29, 1.82) is 0 Å². The third-order valence-corrected chi connectivity index (χ3v) is 8.59. The van der Waals surface area contributed by atoms with Gasteiger partial charge in [-0.3, -0.25) is 9.36 Å². The molecule has 224 valence electrons. The van der Waals surface area contributed by atoms with Gasteiger partial charge in [0.2, 0.25) is 11.8 Å². The maximum atomic E-state index is 16.1. The number of nitrogens with two attached hydrogens (primary N) is 1. The van der Waals surface area contributed by atoms with Crippen molar-refractivity contribution in [1.82, 2.24) is 24.6 Å². The van der Waals surface area contributed by atoms with E-state index in [1.165, 1.54) is 17.8 Å². The SMILES string of the molecule is CCOc1nc(N)nc2c1ncn2C1O[C@H](CO[P@](=S)(NC(C)C(=O)OC(C)C)Oc2ccccc2)[C@@H](O)[C@@]1(C)F. The number of carbonyl (C=O) groups excluding carboxylic acids is 1. The molecule has 41 heavy (non-hydrogen) atoms. The number of aromatic nitrogens is 4. The molecule has 0 bridgehead atoms. The number of carbonyl (C=O) groups is 1. The summed E-state index contributed by atoms with van der Waals surface area (Å²) in [6.45, 7) is 4.45. The average Bonchev–Trinajstić information content (AvgIpc) is 3.41. The van der Waals surface area contributed by atoms with Crippen LogP contribution >= 0.6 is 6.64 Å². The lowest BCUT2D eigenvalue weighted by molar-refractivity contribution is -0.149. The quantitative estimate of drug-likeness (QED) is 0.202. The van der Waals surface area contributed by atoms with Crippen LogP contribution in [0.4, 0.5) is 10.3 Å². The van der Waals surface area contributed by atoms with Gasteiger partial charge in [-0.05, 0) is 58.6 Å². The van der Waals surface area contributed by atoms with Gasteiger partial charge in [0.15, 0.2) is 23.1 Å². The van der Waals surface area contributed by atoms with Crippen LogP contribution in [0.15, 0.2) is 36.7 Å². The Labute approximate surface area is 241 Å². The lowest BCUT2D eigenvalue weighted by Gasteiger charge is -2.28. The summed E-state index contributed by atoms with van der Waals surface area (Å²) in [6.07, 6.45) is -3.21. The molecule has 2 unspecified atom stereocenters. The zero-order valence-electron chi connectivity index (χ0n) is 23.3. The molecule has 1 aromatic carbocycles. The lowest BCUT2D eigenvalue weighted by Crippen LogP contribution is -2.41. The molecule has 0 saturated carbocycles. The number of nitrogens with zero attached hydrogens (tertiary/aromatic N) is 4. The first-order chi connectivity index (χ1) is 19.3.